The van der Waals surface area contributed by atoms with Gasteiger partial charge >= 0.3 is 0 Å². The van der Waals surface area contributed by atoms with Gasteiger partial charge in [-0.3, -0.25) is 14.9 Å². The molecule has 7 nitrogen and oxygen atoms in total. The summed E-state index contributed by atoms with van der Waals surface area (Å²) >= 11 is 3.34. The van der Waals surface area contributed by atoms with Crippen molar-refractivity contribution in [2.24, 2.45) is 5.10 Å². The Balaban J connectivity index is 1.80. The van der Waals surface area contributed by atoms with Gasteiger partial charge in [0.15, 0.2) is 0 Å². The Labute approximate surface area is 140 Å². The zero-order chi connectivity index (χ0) is 16.7. The van der Waals surface area contributed by atoms with Crippen molar-refractivity contribution in [3.63, 3.8) is 0 Å². The highest BCUT2D eigenvalue weighted by molar-refractivity contribution is 9.10. The van der Waals surface area contributed by atoms with E-state index in [1.165, 1.54) is 18.3 Å². The molecule has 0 unspecified atom stereocenters. The second-order valence-corrected chi connectivity index (χ2v) is 5.42. The first-order valence-corrected chi connectivity index (χ1v) is 7.40. The lowest BCUT2D eigenvalue weighted by molar-refractivity contribution is -0.384. The number of hydrogen-bond donors (Lipinski definition) is 2. The summed E-state index contributed by atoms with van der Waals surface area (Å²) in [6, 6.07) is 13.3. The molecule has 2 aromatic carbocycles. The second kappa shape index (κ2) is 8.04. The van der Waals surface area contributed by atoms with Crippen molar-refractivity contribution in [3.05, 3.63) is 68.7 Å². The van der Waals surface area contributed by atoms with E-state index in [4.69, 9.17) is 0 Å². The standard InChI is InChI=1S/C15H13BrN4O3/c16-12-2-1-3-13(8-12)17-10-15(21)19-18-9-11-4-6-14(7-5-11)20(22)23/h1-9,17H,10H2,(H,19,21). The highest BCUT2D eigenvalue weighted by atomic mass is 79.9. The summed E-state index contributed by atoms with van der Waals surface area (Å²) in [6.07, 6.45) is 1.42. The minimum Gasteiger partial charge on any atom is -0.376 e. The predicted molar refractivity (Wildman–Crippen MR) is 91.5 cm³/mol. The van der Waals surface area contributed by atoms with Gasteiger partial charge in [0.1, 0.15) is 0 Å². The maximum Gasteiger partial charge on any atom is 0.269 e. The van der Waals surface area contributed by atoms with Gasteiger partial charge in [-0.1, -0.05) is 22.0 Å². The van der Waals surface area contributed by atoms with Crippen LogP contribution in [0, 0.1) is 10.1 Å². The number of nitro benzene ring substituents is 1. The van der Waals surface area contributed by atoms with E-state index in [1.54, 1.807) is 12.1 Å². The van der Waals surface area contributed by atoms with Crippen molar-refractivity contribution in [2.45, 2.75) is 0 Å². The molecule has 0 saturated heterocycles. The van der Waals surface area contributed by atoms with Gasteiger partial charge in [-0.25, -0.2) is 5.43 Å². The lowest BCUT2D eigenvalue weighted by Gasteiger charge is -2.05. The third kappa shape index (κ3) is 5.51. The molecule has 0 atom stereocenters. The number of halogens is 1. The average molecular weight is 377 g/mol. The fourth-order valence-corrected chi connectivity index (χ4v) is 2.08. The summed E-state index contributed by atoms with van der Waals surface area (Å²) in [5.74, 6) is -0.303. The van der Waals surface area contributed by atoms with Gasteiger partial charge in [0.25, 0.3) is 11.6 Å². The van der Waals surface area contributed by atoms with E-state index >= 15 is 0 Å². The Hall–Kier alpha value is -2.74. The van der Waals surface area contributed by atoms with Gasteiger partial charge in [-0.15, -0.1) is 0 Å². The van der Waals surface area contributed by atoms with E-state index in [-0.39, 0.29) is 18.1 Å². The summed E-state index contributed by atoms with van der Waals surface area (Å²) in [4.78, 5) is 21.7. The van der Waals surface area contributed by atoms with Crippen LogP contribution in [0.15, 0.2) is 58.1 Å². The van der Waals surface area contributed by atoms with Crippen LogP contribution in [0.2, 0.25) is 0 Å². The first-order chi connectivity index (χ1) is 11.0. The quantitative estimate of drug-likeness (QED) is 0.460. The molecule has 0 radical (unpaired) electrons. The first-order valence-electron chi connectivity index (χ1n) is 6.60. The largest absolute Gasteiger partial charge is 0.376 e. The molecule has 0 bridgehead atoms. The third-order valence-corrected chi connectivity index (χ3v) is 3.28. The molecule has 2 aromatic rings. The van der Waals surface area contributed by atoms with Crippen LogP contribution in [0.4, 0.5) is 11.4 Å². The van der Waals surface area contributed by atoms with E-state index in [2.05, 4.69) is 31.8 Å². The highest BCUT2D eigenvalue weighted by Crippen LogP contribution is 2.15. The normalized spacial score (nSPS) is 10.5. The average Bonchev–Trinajstić information content (AvgIpc) is 2.53. The number of hydrogen-bond acceptors (Lipinski definition) is 5. The number of anilines is 1. The molecule has 0 fully saturated rings. The number of benzene rings is 2. The van der Waals surface area contributed by atoms with E-state index in [1.807, 2.05) is 24.3 Å². The summed E-state index contributed by atoms with van der Waals surface area (Å²) < 4.78 is 0.916. The maximum atomic E-state index is 11.6. The fraction of sp³-hybridized carbons (Fsp3) is 0.0667. The summed E-state index contributed by atoms with van der Waals surface area (Å²) in [5.41, 5.74) is 3.84. The molecule has 23 heavy (non-hydrogen) atoms. The van der Waals surface area contributed by atoms with Crippen LogP contribution in [-0.2, 0) is 4.79 Å². The summed E-state index contributed by atoms with van der Waals surface area (Å²) in [5, 5.41) is 17.3. The van der Waals surface area contributed by atoms with E-state index in [9.17, 15) is 14.9 Å². The number of nitrogens with zero attached hydrogens (tertiary/aromatic N) is 2. The van der Waals surface area contributed by atoms with Gasteiger partial charge in [0.2, 0.25) is 0 Å². The SMILES string of the molecule is O=C(CNc1cccc(Br)c1)NN=Cc1ccc([N+](=O)[O-])cc1. The Morgan fingerprint density at radius 1 is 1.26 bits per heavy atom. The molecule has 0 aromatic heterocycles. The minimum absolute atomic E-state index is 0.00408. The molecular weight excluding hydrogens is 364 g/mol. The number of nitro groups is 1. The number of carbonyl (C=O) groups excluding carboxylic acids is 1. The lowest BCUT2D eigenvalue weighted by Crippen LogP contribution is -2.25. The van der Waals surface area contributed by atoms with Crippen molar-refractivity contribution in [2.75, 3.05) is 11.9 Å². The number of non-ortho nitro benzene ring substituents is 1. The molecular formula is C15H13BrN4O3. The van der Waals surface area contributed by atoms with E-state index in [0.717, 1.165) is 10.2 Å². The topological polar surface area (TPSA) is 96.6 Å². The zero-order valence-corrected chi connectivity index (χ0v) is 13.5. The van der Waals surface area contributed by atoms with Crippen LogP contribution in [0.3, 0.4) is 0 Å². The van der Waals surface area contributed by atoms with Crippen LogP contribution < -0.4 is 10.7 Å². The molecule has 1 amide bonds. The van der Waals surface area contributed by atoms with Gasteiger partial charge in [-0.2, -0.15) is 5.10 Å². The predicted octanol–water partition coefficient (Wildman–Crippen LogP) is 2.92. The zero-order valence-electron chi connectivity index (χ0n) is 11.9. The molecule has 2 N–H and O–H groups in total. The third-order valence-electron chi connectivity index (χ3n) is 2.78. The number of rotatable bonds is 6. The first kappa shape index (κ1) is 16.6. The second-order valence-electron chi connectivity index (χ2n) is 4.51. The number of amides is 1. The van der Waals surface area contributed by atoms with Crippen molar-refractivity contribution >= 4 is 39.4 Å². The lowest BCUT2D eigenvalue weighted by atomic mass is 10.2. The fourth-order valence-electron chi connectivity index (χ4n) is 1.68. The summed E-state index contributed by atoms with van der Waals surface area (Å²) in [7, 11) is 0. The van der Waals surface area contributed by atoms with Crippen LogP contribution in [0.5, 0.6) is 0 Å². The maximum absolute atomic E-state index is 11.6. The van der Waals surface area contributed by atoms with Crippen molar-refractivity contribution < 1.29 is 9.72 Å². The van der Waals surface area contributed by atoms with Gasteiger partial charge in [0.05, 0.1) is 17.7 Å². The smallest absolute Gasteiger partial charge is 0.269 e. The van der Waals surface area contributed by atoms with Crippen LogP contribution in [-0.4, -0.2) is 23.6 Å². The Bertz CT molecular complexity index is 732. The molecule has 0 aliphatic heterocycles. The molecule has 8 heteroatoms. The van der Waals surface area contributed by atoms with Crippen molar-refractivity contribution in [1.82, 2.24) is 5.43 Å². The Morgan fingerprint density at radius 3 is 2.65 bits per heavy atom. The molecule has 0 aliphatic rings. The van der Waals surface area contributed by atoms with Gasteiger partial charge < -0.3 is 5.32 Å². The van der Waals surface area contributed by atoms with E-state index < -0.39 is 4.92 Å². The number of hydrazone groups is 1. The number of carbonyl (C=O) groups is 1. The van der Waals surface area contributed by atoms with Crippen molar-refractivity contribution in [1.29, 1.82) is 0 Å². The molecule has 0 heterocycles. The minimum atomic E-state index is -0.476. The van der Waals surface area contributed by atoms with Crippen molar-refractivity contribution in [3.8, 4) is 0 Å². The molecule has 2 rings (SSSR count). The van der Waals surface area contributed by atoms with Crippen LogP contribution >= 0.6 is 15.9 Å². The Kier molecular flexibility index (Phi) is 5.81. The molecule has 0 saturated carbocycles. The molecule has 118 valence electrons. The van der Waals surface area contributed by atoms with Gasteiger partial charge in [0, 0.05) is 22.3 Å². The Morgan fingerprint density at radius 2 is 2.00 bits per heavy atom. The van der Waals surface area contributed by atoms with Crippen LogP contribution in [0.25, 0.3) is 0 Å². The highest BCUT2D eigenvalue weighted by Gasteiger charge is 2.03. The molecule has 0 spiro atoms. The van der Waals surface area contributed by atoms with E-state index in [0.29, 0.717) is 5.56 Å². The molecule has 0 aliphatic carbocycles. The monoisotopic (exact) mass is 376 g/mol. The number of nitrogens with one attached hydrogen (secondary N) is 2. The van der Waals surface area contributed by atoms with Gasteiger partial charge in [-0.05, 0) is 35.9 Å². The summed E-state index contributed by atoms with van der Waals surface area (Å²) in [6.45, 7) is 0.0774. The van der Waals surface area contributed by atoms with Crippen LogP contribution in [0.1, 0.15) is 5.56 Å².